The molecule has 2 aliphatic rings. The molecule has 0 saturated carbocycles. The van der Waals surface area contributed by atoms with Crippen LogP contribution in [0.5, 0.6) is 0 Å². The quantitative estimate of drug-likeness (QED) is 0.539. The highest BCUT2D eigenvalue weighted by molar-refractivity contribution is 5.79. The van der Waals surface area contributed by atoms with Gasteiger partial charge in [-0.2, -0.15) is 0 Å². The van der Waals surface area contributed by atoms with Gasteiger partial charge in [-0.05, 0) is 6.08 Å². The van der Waals surface area contributed by atoms with Gasteiger partial charge in [-0.15, -0.1) is 0 Å². The van der Waals surface area contributed by atoms with Crippen molar-refractivity contribution in [3.8, 4) is 0 Å². The molecule has 2 aliphatic heterocycles. The number of hydrogen-bond donors (Lipinski definition) is 1. The fraction of sp³-hybridized carbons (Fsp3) is 0.625. The number of hydrogen-bond acceptors (Lipinski definition) is 3. The lowest BCUT2D eigenvalue weighted by atomic mass is 10.3. The predicted molar refractivity (Wildman–Crippen MR) is 43.2 cm³/mol. The van der Waals surface area contributed by atoms with E-state index in [1.807, 2.05) is 6.08 Å². The number of ether oxygens (including phenoxy) is 1. The molecule has 2 heterocycles. The molecule has 12 heavy (non-hydrogen) atoms. The van der Waals surface area contributed by atoms with Crippen molar-refractivity contribution in [2.45, 2.75) is 6.42 Å². The number of nitrogens with zero attached hydrogens (tertiary/aromatic N) is 1. The standard InChI is InChI=1S/C8H12N2O2/c11-8-1-3-9-7-2-5-12-6-4-10(7)8/h2,9H,1,3-6H2. The normalized spacial score (nSPS) is 23.8. The molecule has 0 unspecified atom stereocenters. The fourth-order valence-corrected chi connectivity index (χ4v) is 1.47. The second-order valence-electron chi connectivity index (χ2n) is 2.89. The highest BCUT2D eigenvalue weighted by Gasteiger charge is 2.22. The van der Waals surface area contributed by atoms with Gasteiger partial charge in [-0.25, -0.2) is 0 Å². The summed E-state index contributed by atoms with van der Waals surface area (Å²) in [6, 6.07) is 0. The number of carbonyl (C=O) groups is 1. The average Bonchev–Trinajstić information content (AvgIpc) is 2.30. The van der Waals surface area contributed by atoms with E-state index in [9.17, 15) is 4.79 Å². The van der Waals surface area contributed by atoms with Crippen LogP contribution in [0.2, 0.25) is 0 Å². The molecule has 0 radical (unpaired) electrons. The molecule has 0 aromatic rings. The van der Waals surface area contributed by atoms with Crippen LogP contribution in [-0.4, -0.2) is 37.1 Å². The molecule has 1 fully saturated rings. The third kappa shape index (κ3) is 1.30. The van der Waals surface area contributed by atoms with E-state index in [-0.39, 0.29) is 5.91 Å². The van der Waals surface area contributed by atoms with Gasteiger partial charge < -0.3 is 10.1 Å². The van der Waals surface area contributed by atoms with Gasteiger partial charge >= 0.3 is 0 Å². The second-order valence-corrected chi connectivity index (χ2v) is 2.89. The van der Waals surface area contributed by atoms with Gasteiger partial charge in [0.1, 0.15) is 5.82 Å². The van der Waals surface area contributed by atoms with Crippen molar-refractivity contribution in [2.75, 3.05) is 26.3 Å². The molecule has 0 bridgehead atoms. The second kappa shape index (κ2) is 3.15. The van der Waals surface area contributed by atoms with Gasteiger partial charge in [0, 0.05) is 13.0 Å². The number of fused-ring (bicyclic) bond motifs is 1. The van der Waals surface area contributed by atoms with Gasteiger partial charge in [-0.1, -0.05) is 0 Å². The van der Waals surface area contributed by atoms with Crippen LogP contribution in [0.15, 0.2) is 11.9 Å². The van der Waals surface area contributed by atoms with Gasteiger partial charge in [0.25, 0.3) is 0 Å². The SMILES string of the molecule is O=C1CCNC2=CCOCCN12. The Hall–Kier alpha value is -1.03. The lowest BCUT2D eigenvalue weighted by Crippen LogP contribution is -2.44. The Kier molecular flexibility index (Phi) is 1.99. The summed E-state index contributed by atoms with van der Waals surface area (Å²) in [6.07, 6.45) is 2.52. The van der Waals surface area contributed by atoms with Gasteiger partial charge in [-0.3, -0.25) is 9.69 Å². The molecule has 0 atom stereocenters. The van der Waals surface area contributed by atoms with E-state index in [0.717, 1.165) is 12.4 Å². The summed E-state index contributed by atoms with van der Waals surface area (Å²) in [6.45, 7) is 2.67. The topological polar surface area (TPSA) is 41.6 Å². The Morgan fingerprint density at radius 3 is 3.42 bits per heavy atom. The molecular formula is C8H12N2O2. The van der Waals surface area contributed by atoms with E-state index in [1.54, 1.807) is 4.90 Å². The smallest absolute Gasteiger partial charge is 0.229 e. The summed E-state index contributed by atoms with van der Waals surface area (Å²) in [5.41, 5.74) is 0. The first kappa shape index (κ1) is 7.61. The van der Waals surface area contributed by atoms with E-state index in [0.29, 0.717) is 26.2 Å². The Labute approximate surface area is 71.2 Å². The van der Waals surface area contributed by atoms with Crippen LogP contribution < -0.4 is 5.32 Å². The summed E-state index contributed by atoms with van der Waals surface area (Å²) < 4.78 is 5.22. The van der Waals surface area contributed by atoms with Gasteiger partial charge in [0.05, 0.1) is 19.8 Å². The third-order valence-corrected chi connectivity index (χ3v) is 2.09. The minimum atomic E-state index is 0.200. The molecule has 66 valence electrons. The summed E-state index contributed by atoms with van der Waals surface area (Å²) in [7, 11) is 0. The Bertz CT molecular complexity index is 225. The van der Waals surface area contributed by atoms with E-state index >= 15 is 0 Å². The van der Waals surface area contributed by atoms with Gasteiger partial charge in [0.15, 0.2) is 0 Å². The summed E-state index contributed by atoms with van der Waals surface area (Å²) >= 11 is 0. The van der Waals surface area contributed by atoms with E-state index in [2.05, 4.69) is 5.32 Å². The van der Waals surface area contributed by atoms with Crippen LogP contribution in [-0.2, 0) is 9.53 Å². The maximum Gasteiger partial charge on any atom is 0.229 e. The Morgan fingerprint density at radius 2 is 2.50 bits per heavy atom. The lowest BCUT2D eigenvalue weighted by Gasteiger charge is -2.29. The zero-order chi connectivity index (χ0) is 8.39. The zero-order valence-electron chi connectivity index (χ0n) is 6.88. The number of carbonyl (C=O) groups excluding carboxylic acids is 1. The third-order valence-electron chi connectivity index (χ3n) is 2.09. The molecule has 2 rings (SSSR count). The van der Waals surface area contributed by atoms with Crippen molar-refractivity contribution < 1.29 is 9.53 Å². The molecule has 1 saturated heterocycles. The van der Waals surface area contributed by atoms with Crippen LogP contribution in [0, 0.1) is 0 Å². The van der Waals surface area contributed by atoms with Crippen LogP contribution in [0.3, 0.4) is 0 Å². The first-order valence-electron chi connectivity index (χ1n) is 4.20. The molecule has 0 aromatic carbocycles. The van der Waals surface area contributed by atoms with Crippen molar-refractivity contribution in [1.82, 2.24) is 10.2 Å². The maximum absolute atomic E-state index is 11.4. The monoisotopic (exact) mass is 168 g/mol. The first-order valence-corrected chi connectivity index (χ1v) is 4.20. The van der Waals surface area contributed by atoms with Crippen LogP contribution in [0.1, 0.15) is 6.42 Å². The molecule has 1 N–H and O–H groups in total. The lowest BCUT2D eigenvalue weighted by molar-refractivity contribution is -0.131. The van der Waals surface area contributed by atoms with Crippen molar-refractivity contribution in [1.29, 1.82) is 0 Å². The number of amides is 1. The zero-order valence-corrected chi connectivity index (χ0v) is 6.88. The van der Waals surface area contributed by atoms with Gasteiger partial charge in [0.2, 0.25) is 5.91 Å². The Balaban J connectivity index is 2.17. The number of rotatable bonds is 0. The molecule has 0 aromatic heterocycles. The summed E-state index contributed by atoms with van der Waals surface area (Å²) in [4.78, 5) is 13.1. The van der Waals surface area contributed by atoms with E-state index in [1.165, 1.54) is 0 Å². The van der Waals surface area contributed by atoms with Crippen molar-refractivity contribution in [3.05, 3.63) is 11.9 Å². The van der Waals surface area contributed by atoms with Crippen molar-refractivity contribution in [2.24, 2.45) is 0 Å². The van der Waals surface area contributed by atoms with Crippen LogP contribution >= 0.6 is 0 Å². The van der Waals surface area contributed by atoms with E-state index in [4.69, 9.17) is 4.74 Å². The van der Waals surface area contributed by atoms with Crippen LogP contribution in [0.4, 0.5) is 0 Å². The fourth-order valence-electron chi connectivity index (χ4n) is 1.47. The highest BCUT2D eigenvalue weighted by atomic mass is 16.5. The molecule has 0 spiro atoms. The largest absolute Gasteiger partial charge is 0.375 e. The van der Waals surface area contributed by atoms with E-state index < -0.39 is 0 Å². The van der Waals surface area contributed by atoms with Crippen molar-refractivity contribution in [3.63, 3.8) is 0 Å². The average molecular weight is 168 g/mol. The minimum absolute atomic E-state index is 0.200. The Morgan fingerprint density at radius 1 is 1.58 bits per heavy atom. The molecule has 4 nitrogen and oxygen atoms in total. The first-order chi connectivity index (χ1) is 5.88. The molecule has 0 aliphatic carbocycles. The summed E-state index contributed by atoms with van der Waals surface area (Å²) in [5.74, 6) is 1.12. The maximum atomic E-state index is 11.4. The molecular weight excluding hydrogens is 156 g/mol. The van der Waals surface area contributed by atoms with Crippen molar-refractivity contribution >= 4 is 5.91 Å². The highest BCUT2D eigenvalue weighted by Crippen LogP contribution is 2.11. The summed E-state index contributed by atoms with van der Waals surface area (Å²) in [5, 5.41) is 3.18. The predicted octanol–water partition coefficient (Wildman–Crippen LogP) is -0.320. The molecule has 4 heteroatoms. The number of nitrogens with one attached hydrogen (secondary N) is 1. The molecule has 1 amide bonds. The van der Waals surface area contributed by atoms with Crippen LogP contribution in [0.25, 0.3) is 0 Å². The minimum Gasteiger partial charge on any atom is -0.375 e.